The fourth-order valence-electron chi connectivity index (χ4n) is 3.07. The Labute approximate surface area is 165 Å². The zero-order valence-electron chi connectivity index (χ0n) is 14.6. The number of hydrogen-bond donors (Lipinski definition) is 2. The zero-order valence-corrected chi connectivity index (χ0v) is 16.2. The summed E-state index contributed by atoms with van der Waals surface area (Å²) in [6.07, 6.45) is 2.44. The quantitative estimate of drug-likeness (QED) is 0.716. The second-order valence-electron chi connectivity index (χ2n) is 6.49. The van der Waals surface area contributed by atoms with Crippen LogP contribution < -0.4 is 15.4 Å². The Morgan fingerprint density at radius 1 is 1.12 bits per heavy atom. The van der Waals surface area contributed by atoms with Gasteiger partial charge in [-0.15, -0.1) is 12.4 Å². The molecule has 0 aliphatic carbocycles. The Morgan fingerprint density at radius 2 is 1.85 bits per heavy atom. The standard InChI is InChI=1S/C20H24ClFN2O.ClH/c21-18-3-6-20(25-14-16-1-4-19(22)5-2-16)17(11-18)13-24-12-15-7-9-23-10-8-15;/h1-6,11,15,23-24H,7-10,12-14H2;1H. The van der Waals surface area contributed by atoms with E-state index in [2.05, 4.69) is 10.6 Å². The summed E-state index contributed by atoms with van der Waals surface area (Å²) in [5, 5.41) is 7.62. The third kappa shape index (κ3) is 6.44. The lowest BCUT2D eigenvalue weighted by atomic mass is 9.98. The molecule has 0 unspecified atom stereocenters. The summed E-state index contributed by atoms with van der Waals surface area (Å²) in [6, 6.07) is 12.0. The highest BCUT2D eigenvalue weighted by Gasteiger charge is 2.13. The first kappa shape index (κ1) is 21.0. The lowest BCUT2D eigenvalue weighted by Crippen LogP contribution is -2.33. The topological polar surface area (TPSA) is 33.3 Å². The van der Waals surface area contributed by atoms with Gasteiger partial charge in [-0.3, -0.25) is 0 Å². The van der Waals surface area contributed by atoms with Crippen molar-refractivity contribution in [1.82, 2.24) is 10.6 Å². The maximum atomic E-state index is 13.0. The molecule has 1 aliphatic rings. The van der Waals surface area contributed by atoms with Gasteiger partial charge in [0.25, 0.3) is 0 Å². The molecule has 3 rings (SSSR count). The predicted octanol–water partition coefficient (Wildman–Crippen LogP) is 4.57. The molecule has 1 aliphatic heterocycles. The molecule has 0 saturated carbocycles. The number of nitrogens with one attached hydrogen (secondary N) is 2. The van der Waals surface area contributed by atoms with Gasteiger partial charge in [-0.25, -0.2) is 4.39 Å². The van der Waals surface area contributed by atoms with Crippen LogP contribution in [0.4, 0.5) is 4.39 Å². The van der Waals surface area contributed by atoms with E-state index >= 15 is 0 Å². The molecule has 2 aromatic carbocycles. The molecule has 2 aromatic rings. The van der Waals surface area contributed by atoms with Gasteiger partial charge in [-0.2, -0.15) is 0 Å². The van der Waals surface area contributed by atoms with E-state index in [1.54, 1.807) is 12.1 Å². The van der Waals surface area contributed by atoms with Gasteiger partial charge in [0.15, 0.2) is 0 Å². The van der Waals surface area contributed by atoms with Crippen LogP contribution >= 0.6 is 24.0 Å². The molecule has 1 saturated heterocycles. The normalized spacial score (nSPS) is 14.7. The van der Waals surface area contributed by atoms with Gasteiger partial charge >= 0.3 is 0 Å². The summed E-state index contributed by atoms with van der Waals surface area (Å²) in [7, 11) is 0. The van der Waals surface area contributed by atoms with E-state index in [4.69, 9.17) is 16.3 Å². The molecule has 1 heterocycles. The molecule has 0 atom stereocenters. The van der Waals surface area contributed by atoms with Crippen molar-refractivity contribution >= 4 is 24.0 Å². The van der Waals surface area contributed by atoms with E-state index < -0.39 is 0 Å². The van der Waals surface area contributed by atoms with E-state index in [-0.39, 0.29) is 18.2 Å². The maximum Gasteiger partial charge on any atom is 0.124 e. The molecule has 0 aromatic heterocycles. The molecule has 0 radical (unpaired) electrons. The molecule has 142 valence electrons. The van der Waals surface area contributed by atoms with E-state index in [1.165, 1.54) is 25.0 Å². The average molecular weight is 399 g/mol. The van der Waals surface area contributed by atoms with Gasteiger partial charge in [-0.05, 0) is 74.3 Å². The summed E-state index contributed by atoms with van der Waals surface area (Å²) in [6.45, 7) is 4.35. The smallest absolute Gasteiger partial charge is 0.124 e. The van der Waals surface area contributed by atoms with Gasteiger partial charge in [0.1, 0.15) is 18.2 Å². The van der Waals surface area contributed by atoms with Crippen molar-refractivity contribution in [3.63, 3.8) is 0 Å². The van der Waals surface area contributed by atoms with Crippen LogP contribution in [0.1, 0.15) is 24.0 Å². The Hall–Kier alpha value is -1.33. The fraction of sp³-hybridized carbons (Fsp3) is 0.400. The van der Waals surface area contributed by atoms with E-state index in [0.29, 0.717) is 11.6 Å². The molecule has 2 N–H and O–H groups in total. The zero-order chi connectivity index (χ0) is 17.5. The average Bonchev–Trinajstić information content (AvgIpc) is 2.63. The lowest BCUT2D eigenvalue weighted by molar-refractivity contribution is 0.300. The second-order valence-corrected chi connectivity index (χ2v) is 6.93. The second kappa shape index (κ2) is 10.7. The highest BCUT2D eigenvalue weighted by atomic mass is 35.5. The van der Waals surface area contributed by atoms with Crippen LogP contribution in [0, 0.1) is 11.7 Å². The predicted molar refractivity (Wildman–Crippen MR) is 107 cm³/mol. The van der Waals surface area contributed by atoms with Gasteiger partial charge in [-0.1, -0.05) is 23.7 Å². The van der Waals surface area contributed by atoms with Crippen LogP contribution in [0.3, 0.4) is 0 Å². The van der Waals surface area contributed by atoms with Gasteiger partial charge in [0.05, 0.1) is 0 Å². The highest BCUT2D eigenvalue weighted by molar-refractivity contribution is 6.30. The molecular weight excluding hydrogens is 374 g/mol. The van der Waals surface area contributed by atoms with Gasteiger partial charge < -0.3 is 15.4 Å². The number of rotatable bonds is 7. The third-order valence-electron chi connectivity index (χ3n) is 4.54. The number of piperidine rings is 1. The Bertz CT molecular complexity index is 676. The van der Waals surface area contributed by atoms with E-state index in [1.807, 2.05) is 18.2 Å². The largest absolute Gasteiger partial charge is 0.489 e. The first-order valence-corrected chi connectivity index (χ1v) is 9.15. The van der Waals surface area contributed by atoms with Crippen LogP contribution in [0.25, 0.3) is 0 Å². The van der Waals surface area contributed by atoms with Crippen molar-refractivity contribution in [2.45, 2.75) is 26.0 Å². The number of halogens is 3. The first-order chi connectivity index (χ1) is 12.2. The van der Waals surface area contributed by atoms with Crippen molar-refractivity contribution in [2.75, 3.05) is 19.6 Å². The van der Waals surface area contributed by atoms with Crippen LogP contribution in [-0.2, 0) is 13.2 Å². The summed E-state index contributed by atoms with van der Waals surface area (Å²) in [5.74, 6) is 1.30. The molecule has 0 amide bonds. The fourth-order valence-corrected chi connectivity index (χ4v) is 3.26. The third-order valence-corrected chi connectivity index (χ3v) is 4.77. The molecular formula is C20H25Cl2FN2O. The Kier molecular flexibility index (Phi) is 8.66. The summed E-state index contributed by atoms with van der Waals surface area (Å²) in [5.41, 5.74) is 1.98. The number of ether oxygens (including phenoxy) is 1. The van der Waals surface area contributed by atoms with Crippen molar-refractivity contribution in [3.8, 4) is 5.75 Å². The van der Waals surface area contributed by atoms with E-state index in [9.17, 15) is 4.39 Å². The van der Waals surface area contributed by atoms with Crippen LogP contribution in [0.15, 0.2) is 42.5 Å². The van der Waals surface area contributed by atoms with Crippen molar-refractivity contribution < 1.29 is 9.13 Å². The Balaban J connectivity index is 0.00000243. The maximum absolute atomic E-state index is 13.0. The minimum absolute atomic E-state index is 0. The van der Waals surface area contributed by atoms with Crippen LogP contribution in [0.5, 0.6) is 5.75 Å². The monoisotopic (exact) mass is 398 g/mol. The Morgan fingerprint density at radius 3 is 2.58 bits per heavy atom. The molecule has 1 fully saturated rings. The van der Waals surface area contributed by atoms with Gasteiger partial charge in [0.2, 0.25) is 0 Å². The highest BCUT2D eigenvalue weighted by Crippen LogP contribution is 2.24. The molecule has 6 heteroatoms. The molecule has 3 nitrogen and oxygen atoms in total. The SMILES string of the molecule is Cl.Fc1ccc(COc2ccc(Cl)cc2CNCC2CCNCC2)cc1. The molecule has 0 bridgehead atoms. The summed E-state index contributed by atoms with van der Waals surface area (Å²) < 4.78 is 18.9. The number of hydrogen-bond acceptors (Lipinski definition) is 3. The minimum Gasteiger partial charge on any atom is -0.489 e. The number of benzene rings is 2. The van der Waals surface area contributed by atoms with Crippen molar-refractivity contribution in [2.24, 2.45) is 5.92 Å². The van der Waals surface area contributed by atoms with Crippen molar-refractivity contribution in [1.29, 1.82) is 0 Å². The molecule has 26 heavy (non-hydrogen) atoms. The van der Waals surface area contributed by atoms with Crippen LogP contribution in [0.2, 0.25) is 5.02 Å². The van der Waals surface area contributed by atoms with Crippen LogP contribution in [-0.4, -0.2) is 19.6 Å². The summed E-state index contributed by atoms with van der Waals surface area (Å²) >= 11 is 6.15. The minimum atomic E-state index is -0.238. The van der Waals surface area contributed by atoms with Gasteiger partial charge in [0, 0.05) is 17.1 Å². The van der Waals surface area contributed by atoms with E-state index in [0.717, 1.165) is 49.0 Å². The first-order valence-electron chi connectivity index (χ1n) is 8.78. The summed E-state index contributed by atoms with van der Waals surface area (Å²) in [4.78, 5) is 0. The lowest BCUT2D eigenvalue weighted by Gasteiger charge is -2.23. The van der Waals surface area contributed by atoms with Crippen molar-refractivity contribution in [3.05, 3.63) is 64.4 Å². The molecule has 0 spiro atoms.